The van der Waals surface area contributed by atoms with Crippen molar-refractivity contribution >= 4 is 100 Å². The Bertz CT molecular complexity index is 1880. The standard InChI is InChI=1S/C20H11Cl4N5O7S2.2Na/c21-9-1-4-12(13(7-9)37(31,32)33)28-29-16-14(38(34,35)36)6-8-5-10(2-3-11(8)17(16)30)25-19-15(22)18(23)26-20(24)27-19;;/h1-7,30H,(H,25,26,27)(H,31,32,33)(H,34,35,36);;/q;2*+1/p-2. The smallest absolute Gasteiger partial charge is 0.744 e. The first kappa shape index (κ1) is 35.4. The van der Waals surface area contributed by atoms with Gasteiger partial charge in [0, 0.05) is 16.1 Å². The summed E-state index contributed by atoms with van der Waals surface area (Å²) in [5.74, 6) is -0.742. The van der Waals surface area contributed by atoms with Gasteiger partial charge in [-0.1, -0.05) is 34.8 Å². The van der Waals surface area contributed by atoms with E-state index in [-0.39, 0.29) is 102 Å². The van der Waals surface area contributed by atoms with Crippen LogP contribution >= 0.6 is 46.4 Å². The number of benzene rings is 3. The van der Waals surface area contributed by atoms with E-state index < -0.39 is 47.2 Å². The Morgan fingerprint density at radius 3 is 2.10 bits per heavy atom. The van der Waals surface area contributed by atoms with Gasteiger partial charge in [-0.3, -0.25) is 0 Å². The number of aromatic hydroxyl groups is 1. The van der Waals surface area contributed by atoms with Crippen molar-refractivity contribution in [2.24, 2.45) is 10.2 Å². The maximum Gasteiger partial charge on any atom is 1.00 e. The van der Waals surface area contributed by atoms with Gasteiger partial charge in [0.15, 0.2) is 16.7 Å². The fraction of sp³-hybridized carbons (Fsp3) is 0. The summed E-state index contributed by atoms with van der Waals surface area (Å²) >= 11 is 23.5. The van der Waals surface area contributed by atoms with Crippen molar-refractivity contribution in [1.82, 2.24) is 9.97 Å². The molecular weight excluding hydrogens is 674 g/mol. The van der Waals surface area contributed by atoms with Gasteiger partial charge in [-0.05, 0) is 59.5 Å². The van der Waals surface area contributed by atoms with E-state index in [2.05, 4.69) is 25.5 Å². The molecule has 0 radical (unpaired) electrons. The molecule has 0 atom stereocenters. The Morgan fingerprint density at radius 1 is 0.825 bits per heavy atom. The number of phenolic OH excluding ortho intramolecular Hbond substituents is 1. The molecule has 0 bridgehead atoms. The van der Waals surface area contributed by atoms with Gasteiger partial charge in [0.25, 0.3) is 0 Å². The first-order chi connectivity index (χ1) is 17.6. The van der Waals surface area contributed by atoms with Crippen molar-refractivity contribution in [3.05, 3.63) is 62.9 Å². The van der Waals surface area contributed by atoms with Crippen LogP contribution in [0.4, 0.5) is 22.9 Å². The van der Waals surface area contributed by atoms with Crippen molar-refractivity contribution in [1.29, 1.82) is 0 Å². The van der Waals surface area contributed by atoms with Crippen molar-refractivity contribution in [3.8, 4) is 5.75 Å². The largest absolute Gasteiger partial charge is 1.00 e. The second kappa shape index (κ2) is 13.7. The number of fused-ring (bicyclic) bond motifs is 1. The zero-order valence-electron chi connectivity index (χ0n) is 20.1. The molecule has 0 saturated carbocycles. The molecule has 2 N–H and O–H groups in total. The number of nitrogens with one attached hydrogen (secondary N) is 1. The van der Waals surface area contributed by atoms with E-state index in [9.17, 15) is 31.0 Å². The molecule has 3 aromatic carbocycles. The number of aromatic nitrogens is 2. The number of hydrogen-bond acceptors (Lipinski definition) is 12. The third kappa shape index (κ3) is 7.96. The minimum Gasteiger partial charge on any atom is -0.744 e. The predicted octanol–water partition coefficient (Wildman–Crippen LogP) is -0.0758. The topological polar surface area (TPSA) is 197 Å². The maximum absolute atomic E-state index is 12.0. The summed E-state index contributed by atoms with van der Waals surface area (Å²) in [6.07, 6.45) is 0. The normalized spacial score (nSPS) is 11.8. The van der Waals surface area contributed by atoms with Crippen LogP contribution < -0.4 is 64.4 Å². The second-order valence-electron chi connectivity index (χ2n) is 7.30. The van der Waals surface area contributed by atoms with Crippen LogP contribution in [0.3, 0.4) is 0 Å². The number of azo groups is 1. The van der Waals surface area contributed by atoms with Gasteiger partial charge in [-0.2, -0.15) is 4.98 Å². The second-order valence-corrected chi connectivity index (χ2v) is 11.5. The van der Waals surface area contributed by atoms with Crippen molar-refractivity contribution in [2.45, 2.75) is 9.79 Å². The van der Waals surface area contributed by atoms with Gasteiger partial charge in [0.1, 0.15) is 36.6 Å². The van der Waals surface area contributed by atoms with Crippen LogP contribution in [0.15, 0.2) is 62.5 Å². The molecule has 0 spiro atoms. The Kier molecular flexibility index (Phi) is 12.1. The van der Waals surface area contributed by atoms with Gasteiger partial charge >= 0.3 is 59.1 Å². The van der Waals surface area contributed by atoms with Crippen molar-refractivity contribution in [3.63, 3.8) is 0 Å². The summed E-state index contributed by atoms with van der Waals surface area (Å²) in [5, 5.41) is 20.4. The fourth-order valence-corrected chi connectivity index (χ4v) is 5.24. The van der Waals surface area contributed by atoms with E-state index in [4.69, 9.17) is 46.4 Å². The maximum atomic E-state index is 12.0. The van der Waals surface area contributed by atoms with E-state index in [1.165, 1.54) is 24.3 Å². The summed E-state index contributed by atoms with van der Waals surface area (Å²) < 4.78 is 70.7. The number of anilines is 2. The van der Waals surface area contributed by atoms with Gasteiger partial charge < -0.3 is 19.5 Å². The molecular formula is C20H9Cl4N5Na2O7S2. The molecule has 1 heterocycles. The molecule has 0 unspecified atom stereocenters. The van der Waals surface area contributed by atoms with Gasteiger partial charge in [-0.25, -0.2) is 21.8 Å². The molecule has 0 saturated heterocycles. The van der Waals surface area contributed by atoms with Crippen LogP contribution in [0.2, 0.25) is 20.5 Å². The van der Waals surface area contributed by atoms with Crippen molar-refractivity contribution < 1.29 is 90.2 Å². The zero-order chi connectivity index (χ0) is 28.0. The molecule has 20 heteroatoms. The summed E-state index contributed by atoms with van der Waals surface area (Å²) in [5.41, 5.74) is -1.01. The summed E-state index contributed by atoms with van der Waals surface area (Å²) in [6.45, 7) is 0. The Morgan fingerprint density at radius 2 is 1.48 bits per heavy atom. The molecule has 0 aliphatic carbocycles. The molecule has 40 heavy (non-hydrogen) atoms. The molecule has 12 nitrogen and oxygen atoms in total. The fourth-order valence-electron chi connectivity index (χ4n) is 3.20. The predicted molar refractivity (Wildman–Crippen MR) is 138 cm³/mol. The van der Waals surface area contributed by atoms with Crippen LogP contribution in [0.5, 0.6) is 5.75 Å². The summed E-state index contributed by atoms with van der Waals surface area (Å²) in [4.78, 5) is 5.77. The third-order valence-electron chi connectivity index (χ3n) is 4.82. The molecule has 0 aliphatic rings. The third-order valence-corrected chi connectivity index (χ3v) is 7.66. The molecule has 198 valence electrons. The van der Waals surface area contributed by atoms with Crippen LogP contribution in [-0.4, -0.2) is 41.0 Å². The molecule has 4 rings (SSSR count). The molecule has 0 fully saturated rings. The first-order valence-corrected chi connectivity index (χ1v) is 14.1. The minimum atomic E-state index is -5.25. The summed E-state index contributed by atoms with van der Waals surface area (Å²) in [7, 11) is -10.3. The quantitative estimate of drug-likeness (QED) is 0.0913. The van der Waals surface area contributed by atoms with Crippen molar-refractivity contribution in [2.75, 3.05) is 5.32 Å². The monoisotopic (exact) mass is 681 g/mol. The van der Waals surface area contributed by atoms with E-state index in [0.29, 0.717) is 0 Å². The zero-order valence-corrected chi connectivity index (χ0v) is 28.7. The number of rotatable bonds is 6. The van der Waals surface area contributed by atoms with E-state index in [1.54, 1.807) is 0 Å². The molecule has 0 aliphatic heterocycles. The molecule has 0 amide bonds. The average molecular weight is 683 g/mol. The molecule has 1 aromatic heterocycles. The number of halogens is 4. The van der Waals surface area contributed by atoms with Crippen LogP contribution in [0.25, 0.3) is 10.8 Å². The molecule has 4 aromatic rings. The van der Waals surface area contributed by atoms with E-state index in [1.807, 2.05) is 0 Å². The van der Waals surface area contributed by atoms with Gasteiger partial charge in [0.05, 0.1) is 9.79 Å². The van der Waals surface area contributed by atoms with Gasteiger partial charge in [-0.15, -0.1) is 10.2 Å². The van der Waals surface area contributed by atoms with Crippen LogP contribution in [-0.2, 0) is 20.2 Å². The SMILES string of the molecule is O=S(=O)([O-])c1cc(Cl)ccc1N=Nc1c(S(=O)(=O)[O-])cc2cc(Nc3nc(Cl)nc(Cl)c3Cl)ccc2c1O.[Na+].[Na+]. The van der Waals surface area contributed by atoms with Crippen LogP contribution in [0.1, 0.15) is 0 Å². The van der Waals surface area contributed by atoms with Gasteiger partial charge in [0.2, 0.25) is 5.28 Å². The number of hydrogen-bond donors (Lipinski definition) is 2. The Labute approximate surface area is 291 Å². The van der Waals surface area contributed by atoms with E-state index in [0.717, 1.165) is 18.2 Å². The average Bonchev–Trinajstić information content (AvgIpc) is 2.81. The Hall–Kier alpha value is -0.820. The minimum absolute atomic E-state index is 0. The summed E-state index contributed by atoms with van der Waals surface area (Å²) in [6, 6.07) is 8.13. The van der Waals surface area contributed by atoms with E-state index >= 15 is 0 Å². The van der Waals surface area contributed by atoms with Crippen LogP contribution in [0, 0.1) is 0 Å². The number of phenols is 1. The Balaban J connectivity index is 0.00000280. The number of nitrogens with zero attached hydrogens (tertiary/aromatic N) is 4. The first-order valence-electron chi connectivity index (χ1n) is 9.73.